The Hall–Kier alpha value is -3.18. The Bertz CT molecular complexity index is 977. The average Bonchev–Trinajstić information content (AvgIpc) is 2.72. The molecule has 0 fully saturated rings. The van der Waals surface area contributed by atoms with Gasteiger partial charge in [0.2, 0.25) is 0 Å². The van der Waals surface area contributed by atoms with Gasteiger partial charge >= 0.3 is 0 Å². The van der Waals surface area contributed by atoms with Crippen molar-refractivity contribution in [1.82, 2.24) is 0 Å². The van der Waals surface area contributed by atoms with Crippen molar-refractivity contribution >= 4 is 28.9 Å². The summed E-state index contributed by atoms with van der Waals surface area (Å²) < 4.78 is 11.1. The van der Waals surface area contributed by atoms with E-state index in [9.17, 15) is 4.79 Å². The number of nitrogens with one attached hydrogen (secondary N) is 2. The second-order valence-electron chi connectivity index (χ2n) is 6.53. The first kappa shape index (κ1) is 20.6. The first-order valence-electron chi connectivity index (χ1n) is 9.20. The molecular formula is C23H23ClN2O3. The van der Waals surface area contributed by atoms with Gasteiger partial charge < -0.3 is 20.1 Å². The largest absolute Gasteiger partial charge is 0.493 e. The first-order chi connectivity index (χ1) is 14.0. The second-order valence-corrected chi connectivity index (χ2v) is 6.94. The molecule has 0 saturated carbocycles. The van der Waals surface area contributed by atoms with Crippen LogP contribution in [-0.2, 0) is 11.3 Å². The van der Waals surface area contributed by atoms with Crippen LogP contribution in [0.1, 0.15) is 11.1 Å². The summed E-state index contributed by atoms with van der Waals surface area (Å²) in [5.74, 6) is 0.547. The normalized spacial score (nSPS) is 10.3. The maximum absolute atomic E-state index is 12.2. The van der Waals surface area contributed by atoms with Gasteiger partial charge in [0.05, 0.1) is 12.1 Å². The Morgan fingerprint density at radius 2 is 1.76 bits per heavy atom. The Kier molecular flexibility index (Phi) is 6.98. The van der Waals surface area contributed by atoms with Crippen LogP contribution < -0.4 is 20.1 Å². The van der Waals surface area contributed by atoms with Crippen LogP contribution in [0.4, 0.5) is 11.4 Å². The Morgan fingerprint density at radius 1 is 1.00 bits per heavy atom. The number of methoxy groups -OCH3 is 1. The lowest BCUT2D eigenvalue weighted by molar-refractivity contribution is -0.118. The molecule has 0 atom stereocenters. The van der Waals surface area contributed by atoms with Crippen molar-refractivity contribution in [3.63, 3.8) is 0 Å². The zero-order chi connectivity index (χ0) is 20.6. The van der Waals surface area contributed by atoms with E-state index >= 15 is 0 Å². The summed E-state index contributed by atoms with van der Waals surface area (Å²) in [6.45, 7) is 2.37. The maximum Gasteiger partial charge on any atom is 0.262 e. The lowest BCUT2D eigenvalue weighted by Crippen LogP contribution is -2.20. The molecule has 0 unspecified atom stereocenters. The zero-order valence-electron chi connectivity index (χ0n) is 16.4. The van der Waals surface area contributed by atoms with Gasteiger partial charge in [-0.1, -0.05) is 41.9 Å². The van der Waals surface area contributed by atoms with E-state index in [0.717, 1.165) is 22.5 Å². The van der Waals surface area contributed by atoms with Gasteiger partial charge in [0.15, 0.2) is 18.1 Å². The molecule has 6 heteroatoms. The molecule has 0 saturated heterocycles. The number of para-hydroxylation sites is 1. The van der Waals surface area contributed by atoms with E-state index in [1.807, 2.05) is 67.6 Å². The fourth-order valence-electron chi connectivity index (χ4n) is 2.83. The Morgan fingerprint density at radius 3 is 2.48 bits per heavy atom. The number of hydrogen-bond acceptors (Lipinski definition) is 4. The van der Waals surface area contributed by atoms with Crippen molar-refractivity contribution in [1.29, 1.82) is 0 Å². The van der Waals surface area contributed by atoms with Crippen molar-refractivity contribution in [2.24, 2.45) is 0 Å². The van der Waals surface area contributed by atoms with E-state index in [2.05, 4.69) is 10.6 Å². The number of benzene rings is 3. The smallest absolute Gasteiger partial charge is 0.262 e. The van der Waals surface area contributed by atoms with E-state index < -0.39 is 0 Å². The molecule has 0 aliphatic heterocycles. The fraction of sp³-hybridized carbons (Fsp3) is 0.174. The molecule has 3 aromatic carbocycles. The molecule has 1 amide bonds. The van der Waals surface area contributed by atoms with Crippen molar-refractivity contribution < 1.29 is 14.3 Å². The molecule has 29 heavy (non-hydrogen) atoms. The van der Waals surface area contributed by atoms with Gasteiger partial charge in [0.1, 0.15) is 0 Å². The van der Waals surface area contributed by atoms with Crippen LogP contribution in [-0.4, -0.2) is 19.6 Å². The molecule has 0 bridgehead atoms. The fourth-order valence-corrected chi connectivity index (χ4v) is 3.12. The molecule has 0 aliphatic carbocycles. The van der Waals surface area contributed by atoms with Crippen LogP contribution in [0.3, 0.4) is 0 Å². The quantitative estimate of drug-likeness (QED) is 0.530. The summed E-state index contributed by atoms with van der Waals surface area (Å²) in [6, 6.07) is 21.1. The molecule has 150 valence electrons. The monoisotopic (exact) mass is 410 g/mol. The number of anilines is 2. The van der Waals surface area contributed by atoms with Gasteiger partial charge in [-0.3, -0.25) is 4.79 Å². The Balaban J connectivity index is 1.63. The van der Waals surface area contributed by atoms with Gasteiger partial charge in [-0.15, -0.1) is 0 Å². The molecule has 5 nitrogen and oxygen atoms in total. The third-order valence-corrected chi connectivity index (χ3v) is 4.49. The third-order valence-electron chi connectivity index (χ3n) is 4.21. The lowest BCUT2D eigenvalue weighted by Gasteiger charge is -2.15. The SMILES string of the molecule is COc1cc(CNc2ccccc2)cc(Cl)c1OCC(=O)Nc1cccc(C)c1. The van der Waals surface area contributed by atoms with E-state index in [1.54, 1.807) is 13.2 Å². The van der Waals surface area contributed by atoms with Crippen molar-refractivity contribution in [3.05, 3.63) is 82.9 Å². The van der Waals surface area contributed by atoms with Gasteiger partial charge in [-0.05, 0) is 54.4 Å². The van der Waals surface area contributed by atoms with Crippen LogP contribution in [0.15, 0.2) is 66.7 Å². The summed E-state index contributed by atoms with van der Waals surface area (Å²) in [5, 5.41) is 6.51. The molecule has 3 rings (SSSR count). The first-order valence-corrected chi connectivity index (χ1v) is 9.57. The van der Waals surface area contributed by atoms with E-state index in [-0.39, 0.29) is 12.5 Å². The second kappa shape index (κ2) is 9.85. The number of amides is 1. The number of hydrogen-bond donors (Lipinski definition) is 2. The molecular weight excluding hydrogens is 388 g/mol. The van der Waals surface area contributed by atoms with E-state index in [0.29, 0.717) is 23.1 Å². The van der Waals surface area contributed by atoms with Gasteiger partial charge in [0, 0.05) is 17.9 Å². The number of carbonyl (C=O) groups is 1. The summed E-state index contributed by atoms with van der Waals surface area (Å²) in [7, 11) is 1.54. The highest BCUT2D eigenvalue weighted by Gasteiger charge is 2.14. The van der Waals surface area contributed by atoms with E-state index in [4.69, 9.17) is 21.1 Å². The predicted octanol–water partition coefficient (Wildman–Crippen LogP) is 5.29. The van der Waals surface area contributed by atoms with Crippen LogP contribution in [0.5, 0.6) is 11.5 Å². The molecule has 0 spiro atoms. The highest BCUT2D eigenvalue weighted by atomic mass is 35.5. The van der Waals surface area contributed by atoms with Crippen LogP contribution in [0, 0.1) is 6.92 Å². The number of halogens is 1. The van der Waals surface area contributed by atoms with Crippen LogP contribution in [0.2, 0.25) is 5.02 Å². The summed E-state index contributed by atoms with van der Waals surface area (Å²) in [5.41, 5.74) is 3.73. The van der Waals surface area contributed by atoms with Crippen molar-refractivity contribution in [2.45, 2.75) is 13.5 Å². The number of ether oxygens (including phenoxy) is 2. The van der Waals surface area contributed by atoms with E-state index in [1.165, 1.54) is 0 Å². The van der Waals surface area contributed by atoms with Gasteiger partial charge in [-0.25, -0.2) is 0 Å². The zero-order valence-corrected chi connectivity index (χ0v) is 17.1. The lowest BCUT2D eigenvalue weighted by atomic mass is 10.2. The third kappa shape index (κ3) is 5.90. The van der Waals surface area contributed by atoms with Gasteiger partial charge in [-0.2, -0.15) is 0 Å². The number of rotatable bonds is 8. The van der Waals surface area contributed by atoms with Crippen molar-refractivity contribution in [3.8, 4) is 11.5 Å². The minimum Gasteiger partial charge on any atom is -0.493 e. The molecule has 2 N–H and O–H groups in total. The number of carbonyl (C=O) groups excluding carboxylic acids is 1. The molecule has 0 radical (unpaired) electrons. The predicted molar refractivity (Wildman–Crippen MR) is 117 cm³/mol. The molecule has 0 aliphatic rings. The summed E-state index contributed by atoms with van der Waals surface area (Å²) >= 11 is 6.40. The Labute approximate surface area is 175 Å². The minimum atomic E-state index is -0.274. The average molecular weight is 411 g/mol. The maximum atomic E-state index is 12.2. The summed E-state index contributed by atoms with van der Waals surface area (Å²) in [4.78, 5) is 12.2. The van der Waals surface area contributed by atoms with Crippen LogP contribution in [0.25, 0.3) is 0 Å². The van der Waals surface area contributed by atoms with Crippen molar-refractivity contribution in [2.75, 3.05) is 24.4 Å². The molecule has 3 aromatic rings. The topological polar surface area (TPSA) is 59.6 Å². The standard InChI is InChI=1S/C23H23ClN2O3/c1-16-7-6-10-19(11-16)26-22(27)15-29-23-20(24)12-17(13-21(23)28-2)14-25-18-8-4-3-5-9-18/h3-13,25H,14-15H2,1-2H3,(H,26,27). The highest BCUT2D eigenvalue weighted by molar-refractivity contribution is 6.32. The molecule has 0 aromatic heterocycles. The van der Waals surface area contributed by atoms with Crippen LogP contribution >= 0.6 is 11.6 Å². The molecule has 0 heterocycles. The summed E-state index contributed by atoms with van der Waals surface area (Å²) in [6.07, 6.45) is 0. The minimum absolute atomic E-state index is 0.175. The number of aryl methyl sites for hydroxylation is 1. The highest BCUT2D eigenvalue weighted by Crippen LogP contribution is 2.36. The van der Waals surface area contributed by atoms with Gasteiger partial charge in [0.25, 0.3) is 5.91 Å².